The number of ketones is 1. The van der Waals surface area contributed by atoms with E-state index < -0.39 is 12.0 Å². The van der Waals surface area contributed by atoms with E-state index in [-0.39, 0.29) is 23.2 Å². The Kier molecular flexibility index (Phi) is 4.80. The van der Waals surface area contributed by atoms with Crippen molar-refractivity contribution in [3.05, 3.63) is 34.8 Å². The Morgan fingerprint density at radius 2 is 2.10 bits per heavy atom. The van der Waals surface area contributed by atoms with E-state index in [1.807, 2.05) is 25.3 Å². The second-order valence-corrected chi connectivity index (χ2v) is 9.21. The van der Waals surface area contributed by atoms with Crippen molar-refractivity contribution in [3.8, 4) is 5.82 Å². The maximum absolute atomic E-state index is 12.7. The number of hydrogen-bond donors (Lipinski definition) is 0. The second-order valence-electron chi connectivity index (χ2n) is 7.71. The number of nitrogens with zero attached hydrogens (tertiary/aromatic N) is 3. The lowest BCUT2D eigenvalue weighted by molar-refractivity contribution is -0.152. The summed E-state index contributed by atoms with van der Waals surface area (Å²) in [4.78, 5) is 38.8. The molecular formula is C20H23N3O5S. The van der Waals surface area contributed by atoms with Crippen molar-refractivity contribution in [2.24, 2.45) is 0 Å². The Balaban J connectivity index is 1.45. The predicted molar refractivity (Wildman–Crippen MR) is 106 cm³/mol. The summed E-state index contributed by atoms with van der Waals surface area (Å²) in [6.45, 7) is 7.10. The summed E-state index contributed by atoms with van der Waals surface area (Å²) in [7, 11) is 0. The molecule has 2 aliphatic heterocycles. The molecule has 0 N–H and O–H groups in total. The quantitative estimate of drug-likeness (QED) is 0.545. The van der Waals surface area contributed by atoms with E-state index in [1.54, 1.807) is 35.7 Å². The number of hydrogen-bond acceptors (Lipinski definition) is 7. The highest BCUT2D eigenvalue weighted by Crippen LogP contribution is 2.47. The monoisotopic (exact) mass is 417 g/mol. The zero-order valence-corrected chi connectivity index (χ0v) is 17.7. The van der Waals surface area contributed by atoms with Crippen molar-refractivity contribution < 1.29 is 23.6 Å². The summed E-state index contributed by atoms with van der Waals surface area (Å²) in [5, 5.41) is 4.00. The molecule has 0 unspecified atom stereocenters. The average Bonchev–Trinajstić information content (AvgIpc) is 3.38. The molecule has 0 bridgehead atoms. The van der Waals surface area contributed by atoms with Gasteiger partial charge in [0.25, 0.3) is 0 Å². The van der Waals surface area contributed by atoms with Crippen LogP contribution >= 0.6 is 11.8 Å². The van der Waals surface area contributed by atoms with Crippen LogP contribution in [0.5, 0.6) is 0 Å². The highest BCUT2D eigenvalue weighted by atomic mass is 32.2. The van der Waals surface area contributed by atoms with Gasteiger partial charge in [0.15, 0.2) is 12.4 Å². The van der Waals surface area contributed by atoms with E-state index in [4.69, 9.17) is 9.26 Å². The van der Waals surface area contributed by atoms with Crippen LogP contribution < -0.4 is 0 Å². The number of fused-ring (bicyclic) bond motifs is 1. The van der Waals surface area contributed by atoms with Gasteiger partial charge in [-0.1, -0.05) is 5.16 Å². The number of Topliss-reactive ketones (excluding diaryl/α,β-unsaturated/α-hetero) is 1. The summed E-state index contributed by atoms with van der Waals surface area (Å²) in [5.74, 6) is 0.924. The molecule has 8 nitrogen and oxygen atoms in total. The highest BCUT2D eigenvalue weighted by molar-refractivity contribution is 8.01. The minimum absolute atomic E-state index is 0.0303. The number of amides is 1. The largest absolute Gasteiger partial charge is 0.456 e. The van der Waals surface area contributed by atoms with Gasteiger partial charge in [0, 0.05) is 35.2 Å². The first-order valence-electron chi connectivity index (χ1n) is 9.50. The number of thioether (sulfide) groups is 1. The van der Waals surface area contributed by atoms with Crippen LogP contribution in [0.15, 0.2) is 16.7 Å². The molecule has 2 atom stereocenters. The van der Waals surface area contributed by atoms with Gasteiger partial charge in [0.1, 0.15) is 11.8 Å². The Hall–Kier alpha value is -2.55. The van der Waals surface area contributed by atoms with Crippen molar-refractivity contribution in [3.63, 3.8) is 0 Å². The summed E-state index contributed by atoms with van der Waals surface area (Å²) in [6.07, 6.45) is 1.17. The number of esters is 1. The molecule has 2 saturated heterocycles. The van der Waals surface area contributed by atoms with Crippen LogP contribution in [0.25, 0.3) is 5.82 Å². The van der Waals surface area contributed by atoms with E-state index in [0.717, 1.165) is 12.1 Å². The van der Waals surface area contributed by atoms with Crippen molar-refractivity contribution >= 4 is 29.4 Å². The van der Waals surface area contributed by atoms with Crippen LogP contribution in [0.1, 0.15) is 47.3 Å². The zero-order valence-electron chi connectivity index (χ0n) is 16.9. The Morgan fingerprint density at radius 1 is 1.34 bits per heavy atom. The number of carbonyl (C=O) groups excluding carboxylic acids is 3. The van der Waals surface area contributed by atoms with Gasteiger partial charge in [0.05, 0.1) is 4.87 Å². The molecule has 0 aliphatic carbocycles. The molecule has 0 aromatic carbocycles. The zero-order chi connectivity index (χ0) is 20.9. The molecule has 4 heterocycles. The Bertz CT molecular complexity index is 1010. The third-order valence-electron chi connectivity index (χ3n) is 5.64. The number of aryl methyl sites for hydroxylation is 2. The number of carbonyl (C=O) groups is 3. The van der Waals surface area contributed by atoms with Crippen molar-refractivity contribution in [2.75, 3.05) is 12.4 Å². The first-order chi connectivity index (χ1) is 13.7. The second kappa shape index (κ2) is 7.05. The third kappa shape index (κ3) is 3.27. The molecule has 1 amide bonds. The minimum Gasteiger partial charge on any atom is -0.456 e. The minimum atomic E-state index is -0.627. The Labute approximate surface area is 172 Å². The fraction of sp³-hybridized carbons (Fsp3) is 0.500. The van der Waals surface area contributed by atoms with Crippen LogP contribution in [0, 0.1) is 20.8 Å². The third-order valence-corrected chi connectivity index (χ3v) is 7.14. The molecule has 154 valence electrons. The molecular weight excluding hydrogens is 394 g/mol. The SMILES string of the molecule is Cc1cc(-n2c(C)cc(C(=O)COC(=O)[C@H]3CS[C@@]4(C)CCC(=O)N34)c2C)no1. The van der Waals surface area contributed by atoms with E-state index in [2.05, 4.69) is 5.16 Å². The van der Waals surface area contributed by atoms with Crippen LogP contribution in [-0.2, 0) is 14.3 Å². The average molecular weight is 417 g/mol. The number of rotatable bonds is 5. The molecule has 9 heteroatoms. The lowest BCUT2D eigenvalue weighted by Crippen LogP contribution is -2.46. The summed E-state index contributed by atoms with van der Waals surface area (Å²) < 4.78 is 12.3. The van der Waals surface area contributed by atoms with Crippen LogP contribution in [0.3, 0.4) is 0 Å². The molecule has 0 saturated carbocycles. The van der Waals surface area contributed by atoms with Gasteiger partial charge in [0.2, 0.25) is 11.7 Å². The highest BCUT2D eigenvalue weighted by Gasteiger charge is 2.53. The van der Waals surface area contributed by atoms with E-state index in [1.165, 1.54) is 0 Å². The van der Waals surface area contributed by atoms with Gasteiger partial charge in [-0.15, -0.1) is 11.8 Å². The fourth-order valence-electron chi connectivity index (χ4n) is 4.16. The molecule has 0 spiro atoms. The molecule has 4 rings (SSSR count). The predicted octanol–water partition coefficient (Wildman–Crippen LogP) is 2.57. The van der Waals surface area contributed by atoms with Crippen LogP contribution in [-0.4, -0.2) is 55.6 Å². The van der Waals surface area contributed by atoms with E-state index in [0.29, 0.717) is 35.0 Å². The summed E-state index contributed by atoms with van der Waals surface area (Å²) >= 11 is 1.59. The first-order valence-corrected chi connectivity index (χ1v) is 10.5. The van der Waals surface area contributed by atoms with Gasteiger partial charge in [-0.3, -0.25) is 14.2 Å². The van der Waals surface area contributed by atoms with Gasteiger partial charge in [-0.25, -0.2) is 4.79 Å². The molecule has 2 aromatic heterocycles. The first kappa shape index (κ1) is 19.8. The maximum atomic E-state index is 12.7. The van der Waals surface area contributed by atoms with Crippen LogP contribution in [0.4, 0.5) is 0 Å². The lowest BCUT2D eigenvalue weighted by atomic mass is 10.1. The molecule has 0 radical (unpaired) electrons. The number of ether oxygens (including phenoxy) is 1. The van der Waals surface area contributed by atoms with Gasteiger partial charge < -0.3 is 14.2 Å². The normalized spacial score (nSPS) is 23.5. The molecule has 29 heavy (non-hydrogen) atoms. The molecule has 2 aliphatic rings. The van der Waals surface area contributed by atoms with E-state index in [9.17, 15) is 14.4 Å². The van der Waals surface area contributed by atoms with Crippen molar-refractivity contribution in [1.82, 2.24) is 14.6 Å². The van der Waals surface area contributed by atoms with Gasteiger partial charge >= 0.3 is 5.97 Å². The standard InChI is InChI=1S/C20H23N3O5S/c1-11-7-14(13(3)22(11)17-8-12(2)28-21-17)16(24)9-27-19(26)15-10-29-20(4)6-5-18(25)23(15)20/h7-8,15H,5-6,9-10H2,1-4H3/t15-,20+/m1/s1. The van der Waals surface area contributed by atoms with Crippen LogP contribution in [0.2, 0.25) is 0 Å². The summed E-state index contributed by atoms with van der Waals surface area (Å²) in [5.41, 5.74) is 2.01. The fourth-order valence-corrected chi connectivity index (χ4v) is 5.58. The summed E-state index contributed by atoms with van der Waals surface area (Å²) in [6, 6.07) is 2.91. The Morgan fingerprint density at radius 3 is 2.79 bits per heavy atom. The lowest BCUT2D eigenvalue weighted by Gasteiger charge is -2.29. The van der Waals surface area contributed by atoms with Crippen molar-refractivity contribution in [2.45, 2.75) is 51.4 Å². The maximum Gasteiger partial charge on any atom is 0.330 e. The smallest absolute Gasteiger partial charge is 0.330 e. The molecule has 2 aromatic rings. The molecule has 2 fully saturated rings. The van der Waals surface area contributed by atoms with Crippen molar-refractivity contribution in [1.29, 1.82) is 0 Å². The van der Waals surface area contributed by atoms with E-state index >= 15 is 0 Å². The van der Waals surface area contributed by atoms with Gasteiger partial charge in [-0.2, -0.15) is 0 Å². The van der Waals surface area contributed by atoms with Gasteiger partial charge in [-0.05, 0) is 40.2 Å². The number of aromatic nitrogens is 2. The topological polar surface area (TPSA) is 94.6 Å².